The van der Waals surface area contributed by atoms with E-state index in [9.17, 15) is 5.11 Å². The molecule has 2 saturated heterocycles. The van der Waals surface area contributed by atoms with Gasteiger partial charge >= 0.3 is 0 Å². The summed E-state index contributed by atoms with van der Waals surface area (Å²) in [5.74, 6) is 0.945. The monoisotopic (exact) mass is 408 g/mol. The summed E-state index contributed by atoms with van der Waals surface area (Å²) in [5.41, 5.74) is 1.38. The standard InChI is InChI=1S/C22H25FN6O/c1-12-6-13-8-19(30)16(7-14(13)10-24-12)22-25-11-20(27-28-22)29(2)18-9-15-4-3-5-17(26-15)21(18)23/h6-8,10-11,15,17-18,21,26,30H,3-5,9H2,1-2H3/t15?,17?,18-,21+/m0/s1. The van der Waals surface area contributed by atoms with E-state index in [1.54, 1.807) is 18.5 Å². The Kier molecular flexibility index (Phi) is 4.73. The number of piperidine rings is 2. The van der Waals surface area contributed by atoms with Gasteiger partial charge in [-0.25, -0.2) is 9.37 Å². The predicted octanol–water partition coefficient (Wildman–Crippen LogP) is 3.16. The van der Waals surface area contributed by atoms with Gasteiger partial charge in [-0.2, -0.15) is 0 Å². The van der Waals surface area contributed by atoms with Crippen molar-refractivity contribution in [3.63, 3.8) is 0 Å². The Labute approximate surface area is 174 Å². The fourth-order valence-corrected chi connectivity index (χ4v) is 4.75. The Morgan fingerprint density at radius 2 is 1.97 bits per heavy atom. The van der Waals surface area contributed by atoms with Crippen molar-refractivity contribution in [3.8, 4) is 17.1 Å². The highest BCUT2D eigenvalue weighted by molar-refractivity contribution is 5.89. The molecule has 4 heterocycles. The first-order chi connectivity index (χ1) is 14.5. The van der Waals surface area contributed by atoms with Gasteiger partial charge in [-0.3, -0.25) is 4.98 Å². The van der Waals surface area contributed by atoms with Crippen LogP contribution in [0.1, 0.15) is 31.4 Å². The average molecular weight is 408 g/mol. The molecule has 2 aliphatic rings. The van der Waals surface area contributed by atoms with E-state index in [1.807, 2.05) is 31.0 Å². The number of nitrogens with one attached hydrogen (secondary N) is 1. The van der Waals surface area contributed by atoms with E-state index in [0.29, 0.717) is 23.2 Å². The van der Waals surface area contributed by atoms with Crippen molar-refractivity contribution >= 4 is 16.6 Å². The van der Waals surface area contributed by atoms with Gasteiger partial charge in [0.15, 0.2) is 11.6 Å². The lowest BCUT2D eigenvalue weighted by Gasteiger charge is -2.45. The number of phenolic OH excluding ortho intramolecular Hbond substituents is 1. The number of halogens is 1. The summed E-state index contributed by atoms with van der Waals surface area (Å²) in [6, 6.07) is 5.43. The average Bonchev–Trinajstić information content (AvgIpc) is 2.76. The van der Waals surface area contributed by atoms with E-state index in [4.69, 9.17) is 0 Å². The van der Waals surface area contributed by atoms with Crippen molar-refractivity contribution in [3.05, 3.63) is 36.3 Å². The van der Waals surface area contributed by atoms with Gasteiger partial charge in [0.05, 0.1) is 17.8 Å². The molecule has 0 aliphatic carbocycles. The third-order valence-corrected chi connectivity index (χ3v) is 6.42. The number of phenols is 1. The van der Waals surface area contributed by atoms with Crippen molar-refractivity contribution in [1.29, 1.82) is 0 Å². The Hall–Kier alpha value is -2.87. The SMILES string of the molecule is Cc1cc2cc(O)c(-c3ncc(N(C)[C@H]4CC5CCCC(N5)[C@H]4F)nn3)cc2cn1. The van der Waals surface area contributed by atoms with Crippen LogP contribution >= 0.6 is 0 Å². The maximum Gasteiger partial charge on any atom is 0.185 e. The van der Waals surface area contributed by atoms with Crippen molar-refractivity contribution in [2.75, 3.05) is 11.9 Å². The molecule has 0 spiro atoms. The van der Waals surface area contributed by atoms with Crippen molar-refractivity contribution in [2.24, 2.45) is 0 Å². The molecule has 7 nitrogen and oxygen atoms in total. The second kappa shape index (κ2) is 7.43. The highest BCUT2D eigenvalue weighted by Gasteiger charge is 2.42. The summed E-state index contributed by atoms with van der Waals surface area (Å²) < 4.78 is 15.0. The molecule has 2 bridgehead atoms. The summed E-state index contributed by atoms with van der Waals surface area (Å²) in [7, 11) is 1.85. The van der Waals surface area contributed by atoms with Gasteiger partial charge in [-0.05, 0) is 49.8 Å². The molecule has 0 amide bonds. The van der Waals surface area contributed by atoms with Crippen molar-refractivity contribution in [2.45, 2.75) is 56.9 Å². The quantitative estimate of drug-likeness (QED) is 0.688. The first-order valence-electron chi connectivity index (χ1n) is 10.4. The maximum absolute atomic E-state index is 15.0. The molecule has 3 aromatic rings. The van der Waals surface area contributed by atoms with Gasteiger partial charge in [-0.1, -0.05) is 6.42 Å². The van der Waals surface area contributed by atoms with E-state index in [2.05, 4.69) is 25.5 Å². The molecule has 156 valence electrons. The van der Waals surface area contributed by atoms with E-state index < -0.39 is 6.17 Å². The van der Waals surface area contributed by atoms with E-state index in [1.165, 1.54) is 0 Å². The van der Waals surface area contributed by atoms with Crippen LogP contribution in [0.15, 0.2) is 30.6 Å². The minimum absolute atomic E-state index is 0.0862. The normalized spacial score (nSPS) is 26.0. The van der Waals surface area contributed by atoms with E-state index in [0.717, 1.165) is 42.1 Å². The summed E-state index contributed by atoms with van der Waals surface area (Å²) in [5, 5.41) is 24.2. The summed E-state index contributed by atoms with van der Waals surface area (Å²) >= 11 is 0. The molecule has 2 unspecified atom stereocenters. The minimum atomic E-state index is -0.950. The first-order valence-corrected chi connectivity index (χ1v) is 10.4. The van der Waals surface area contributed by atoms with Gasteiger partial charge in [0.2, 0.25) is 0 Å². The Morgan fingerprint density at radius 3 is 2.77 bits per heavy atom. The highest BCUT2D eigenvalue weighted by atomic mass is 19.1. The Bertz CT molecular complexity index is 1080. The van der Waals surface area contributed by atoms with Gasteiger partial charge in [0.1, 0.15) is 11.9 Å². The molecular formula is C22H25FN6O. The molecule has 0 radical (unpaired) electrons. The first kappa shape index (κ1) is 19.1. The van der Waals surface area contributed by atoms with Crippen LogP contribution in [0.25, 0.3) is 22.2 Å². The third-order valence-electron chi connectivity index (χ3n) is 6.42. The molecule has 5 rings (SSSR count). The number of nitrogens with zero attached hydrogens (tertiary/aromatic N) is 5. The second-order valence-electron chi connectivity index (χ2n) is 8.44. The molecule has 0 saturated carbocycles. The van der Waals surface area contributed by atoms with E-state index >= 15 is 4.39 Å². The molecule has 30 heavy (non-hydrogen) atoms. The Morgan fingerprint density at radius 1 is 1.10 bits per heavy atom. The topological polar surface area (TPSA) is 87.1 Å². The summed E-state index contributed by atoms with van der Waals surface area (Å²) in [4.78, 5) is 10.6. The van der Waals surface area contributed by atoms with Crippen molar-refractivity contribution < 1.29 is 9.50 Å². The van der Waals surface area contributed by atoms with Crippen LogP contribution in [0.4, 0.5) is 10.2 Å². The lowest BCUT2D eigenvalue weighted by Crippen LogP contribution is -2.61. The van der Waals surface area contributed by atoms with Crippen LogP contribution < -0.4 is 10.2 Å². The lowest BCUT2D eigenvalue weighted by atomic mass is 9.82. The number of fused-ring (bicyclic) bond motifs is 3. The van der Waals surface area contributed by atoms with Gasteiger partial charge < -0.3 is 15.3 Å². The number of anilines is 1. The molecule has 2 aromatic heterocycles. The third kappa shape index (κ3) is 3.35. The van der Waals surface area contributed by atoms with Crippen LogP contribution in [0.2, 0.25) is 0 Å². The minimum Gasteiger partial charge on any atom is -0.507 e. The van der Waals surface area contributed by atoms with Crippen LogP contribution in [-0.2, 0) is 0 Å². The van der Waals surface area contributed by atoms with Crippen LogP contribution in [0.5, 0.6) is 5.75 Å². The number of rotatable bonds is 3. The molecule has 2 fully saturated rings. The lowest BCUT2D eigenvalue weighted by molar-refractivity contribution is 0.107. The highest BCUT2D eigenvalue weighted by Crippen LogP contribution is 2.33. The zero-order chi connectivity index (χ0) is 20.8. The Balaban J connectivity index is 1.41. The number of benzene rings is 1. The smallest absolute Gasteiger partial charge is 0.185 e. The zero-order valence-corrected chi connectivity index (χ0v) is 17.1. The maximum atomic E-state index is 15.0. The van der Waals surface area contributed by atoms with E-state index in [-0.39, 0.29) is 17.8 Å². The number of hydrogen-bond donors (Lipinski definition) is 2. The largest absolute Gasteiger partial charge is 0.507 e. The molecule has 8 heteroatoms. The molecular weight excluding hydrogens is 383 g/mol. The van der Waals surface area contributed by atoms with Gasteiger partial charge in [0.25, 0.3) is 0 Å². The molecule has 2 N–H and O–H groups in total. The molecule has 4 atom stereocenters. The number of alkyl halides is 1. The van der Waals surface area contributed by atoms with Crippen LogP contribution in [0, 0.1) is 6.92 Å². The second-order valence-corrected chi connectivity index (χ2v) is 8.44. The fourth-order valence-electron chi connectivity index (χ4n) is 4.75. The zero-order valence-electron chi connectivity index (χ0n) is 17.1. The number of hydrogen-bond acceptors (Lipinski definition) is 7. The molecule has 2 aliphatic heterocycles. The number of aryl methyl sites for hydroxylation is 1. The van der Waals surface area contributed by atoms with Gasteiger partial charge in [0, 0.05) is 36.4 Å². The van der Waals surface area contributed by atoms with Crippen LogP contribution in [0.3, 0.4) is 0 Å². The predicted molar refractivity (Wildman–Crippen MR) is 113 cm³/mol. The van der Waals surface area contributed by atoms with Crippen molar-refractivity contribution in [1.82, 2.24) is 25.5 Å². The van der Waals surface area contributed by atoms with Gasteiger partial charge in [-0.15, -0.1) is 10.2 Å². The summed E-state index contributed by atoms with van der Waals surface area (Å²) in [6.07, 6.45) is 6.21. The number of aromatic nitrogens is 4. The fraction of sp³-hybridized carbons (Fsp3) is 0.455. The molecule has 1 aromatic carbocycles. The number of aromatic hydroxyl groups is 1. The van der Waals surface area contributed by atoms with Crippen LogP contribution in [-0.4, -0.2) is 56.6 Å². The summed E-state index contributed by atoms with van der Waals surface area (Å²) in [6.45, 7) is 1.91. The number of pyridine rings is 1.